The summed E-state index contributed by atoms with van der Waals surface area (Å²) in [6.45, 7) is 0.241. The van der Waals surface area contributed by atoms with Crippen molar-refractivity contribution < 1.29 is 19.7 Å². The molecule has 0 fully saturated rings. The minimum Gasteiger partial charge on any atom is -0.506 e. The highest BCUT2D eigenvalue weighted by Gasteiger charge is 2.15. The first-order chi connectivity index (χ1) is 12.6. The maximum absolute atomic E-state index is 12.5. The van der Waals surface area contributed by atoms with Crippen molar-refractivity contribution in [3.63, 3.8) is 0 Å². The van der Waals surface area contributed by atoms with Crippen molar-refractivity contribution in [2.24, 2.45) is 0 Å². The number of rotatable bonds is 5. The van der Waals surface area contributed by atoms with E-state index in [1.165, 1.54) is 13.2 Å². The number of hydrogen-bond acceptors (Lipinski definition) is 4. The van der Waals surface area contributed by atoms with E-state index in [2.05, 4.69) is 5.32 Å². The quantitative estimate of drug-likeness (QED) is 0.656. The first-order valence-corrected chi connectivity index (χ1v) is 8.11. The van der Waals surface area contributed by atoms with Crippen LogP contribution in [-0.2, 0) is 6.54 Å². The minimum absolute atomic E-state index is 0.0378. The molecule has 0 aliphatic carbocycles. The number of hydrogen-bond donors (Lipinski definition) is 3. The van der Waals surface area contributed by atoms with E-state index in [4.69, 9.17) is 4.74 Å². The van der Waals surface area contributed by atoms with Gasteiger partial charge in [0.05, 0.1) is 12.7 Å². The number of carbonyl (C=O) groups excluding carboxylic acids is 1. The standard InChI is InChI=1S/C21H19NO4/c1-26-19-12-14(10-11-18(19)23)13-22-21(25)17-9-5-8-16(20(17)24)15-6-3-2-4-7-15/h2-12,23-24H,13H2,1H3,(H,22,25). The van der Waals surface area contributed by atoms with Crippen LogP contribution >= 0.6 is 0 Å². The van der Waals surface area contributed by atoms with E-state index in [0.717, 1.165) is 11.1 Å². The van der Waals surface area contributed by atoms with E-state index in [1.807, 2.05) is 30.3 Å². The van der Waals surface area contributed by atoms with Gasteiger partial charge in [-0.2, -0.15) is 0 Å². The summed E-state index contributed by atoms with van der Waals surface area (Å²) < 4.78 is 5.06. The molecular weight excluding hydrogens is 330 g/mol. The van der Waals surface area contributed by atoms with E-state index in [9.17, 15) is 15.0 Å². The average Bonchev–Trinajstić information content (AvgIpc) is 2.68. The van der Waals surface area contributed by atoms with Crippen LogP contribution in [-0.4, -0.2) is 23.2 Å². The Balaban J connectivity index is 1.78. The number of benzene rings is 3. The predicted octanol–water partition coefficient (Wildman–Crippen LogP) is 3.70. The number of phenols is 2. The summed E-state index contributed by atoms with van der Waals surface area (Å²) in [5.74, 6) is -0.0618. The molecule has 0 heterocycles. The molecule has 0 spiro atoms. The van der Waals surface area contributed by atoms with Gasteiger partial charge in [0.1, 0.15) is 5.75 Å². The summed E-state index contributed by atoms with van der Waals surface area (Å²) in [5.41, 5.74) is 2.41. The Hall–Kier alpha value is -3.47. The van der Waals surface area contributed by atoms with Crippen LogP contribution in [0, 0.1) is 0 Å². The van der Waals surface area contributed by atoms with E-state index < -0.39 is 0 Å². The van der Waals surface area contributed by atoms with Gasteiger partial charge in [0, 0.05) is 12.1 Å². The number of carbonyl (C=O) groups is 1. The third-order valence-corrected chi connectivity index (χ3v) is 4.06. The summed E-state index contributed by atoms with van der Waals surface area (Å²) >= 11 is 0. The summed E-state index contributed by atoms with van der Waals surface area (Å²) in [5, 5.41) is 22.9. The molecule has 3 aromatic carbocycles. The van der Waals surface area contributed by atoms with Crippen molar-refractivity contribution in [2.75, 3.05) is 7.11 Å². The van der Waals surface area contributed by atoms with Gasteiger partial charge in [-0.05, 0) is 29.3 Å². The lowest BCUT2D eigenvalue weighted by molar-refractivity contribution is 0.0948. The second kappa shape index (κ2) is 7.61. The van der Waals surface area contributed by atoms with Crippen LogP contribution in [0.4, 0.5) is 0 Å². The zero-order chi connectivity index (χ0) is 18.5. The van der Waals surface area contributed by atoms with E-state index in [-0.39, 0.29) is 29.5 Å². The maximum Gasteiger partial charge on any atom is 0.255 e. The van der Waals surface area contributed by atoms with Crippen molar-refractivity contribution >= 4 is 5.91 Å². The second-order valence-electron chi connectivity index (χ2n) is 5.76. The molecule has 3 N–H and O–H groups in total. The predicted molar refractivity (Wildman–Crippen MR) is 99.4 cm³/mol. The van der Waals surface area contributed by atoms with E-state index in [0.29, 0.717) is 11.3 Å². The Labute approximate surface area is 151 Å². The second-order valence-corrected chi connectivity index (χ2v) is 5.76. The number of phenolic OH excluding ortho intramolecular Hbond substituents is 2. The Bertz CT molecular complexity index is 923. The molecule has 0 aliphatic heterocycles. The Morgan fingerprint density at radius 2 is 1.77 bits per heavy atom. The summed E-state index contributed by atoms with van der Waals surface area (Å²) in [4.78, 5) is 12.5. The van der Waals surface area contributed by atoms with E-state index in [1.54, 1.807) is 30.3 Å². The molecule has 5 nitrogen and oxygen atoms in total. The number of nitrogens with one attached hydrogen (secondary N) is 1. The lowest BCUT2D eigenvalue weighted by Crippen LogP contribution is -2.23. The highest BCUT2D eigenvalue weighted by Crippen LogP contribution is 2.32. The maximum atomic E-state index is 12.5. The Kier molecular flexibility index (Phi) is 5.08. The lowest BCUT2D eigenvalue weighted by Gasteiger charge is -2.11. The van der Waals surface area contributed by atoms with Crippen molar-refractivity contribution in [3.05, 3.63) is 77.9 Å². The van der Waals surface area contributed by atoms with Gasteiger partial charge in [-0.1, -0.05) is 48.5 Å². The highest BCUT2D eigenvalue weighted by molar-refractivity contribution is 5.99. The van der Waals surface area contributed by atoms with Crippen LogP contribution in [0.3, 0.4) is 0 Å². The highest BCUT2D eigenvalue weighted by atomic mass is 16.5. The van der Waals surface area contributed by atoms with Crippen LogP contribution in [0.2, 0.25) is 0 Å². The molecule has 5 heteroatoms. The number of ether oxygens (including phenoxy) is 1. The van der Waals surface area contributed by atoms with Crippen LogP contribution in [0.25, 0.3) is 11.1 Å². The molecule has 132 valence electrons. The molecular formula is C21H19NO4. The zero-order valence-corrected chi connectivity index (χ0v) is 14.3. The van der Waals surface area contributed by atoms with Crippen LogP contribution < -0.4 is 10.1 Å². The molecule has 1 amide bonds. The first-order valence-electron chi connectivity index (χ1n) is 8.11. The molecule has 0 saturated heterocycles. The van der Waals surface area contributed by atoms with Gasteiger partial charge in [-0.15, -0.1) is 0 Å². The molecule has 0 aromatic heterocycles. The molecule has 26 heavy (non-hydrogen) atoms. The van der Waals surface area contributed by atoms with Gasteiger partial charge in [-0.25, -0.2) is 0 Å². The molecule has 0 unspecified atom stereocenters. The third kappa shape index (κ3) is 3.62. The largest absolute Gasteiger partial charge is 0.506 e. The van der Waals surface area contributed by atoms with Crippen LogP contribution in [0.1, 0.15) is 15.9 Å². The summed E-state index contributed by atoms with van der Waals surface area (Å²) in [6, 6.07) is 19.3. The molecule has 3 rings (SSSR count). The fourth-order valence-electron chi connectivity index (χ4n) is 2.69. The third-order valence-electron chi connectivity index (χ3n) is 4.06. The Morgan fingerprint density at radius 3 is 2.50 bits per heavy atom. The number of para-hydroxylation sites is 1. The summed E-state index contributed by atoms with van der Waals surface area (Å²) in [7, 11) is 1.46. The van der Waals surface area contributed by atoms with E-state index >= 15 is 0 Å². The number of amides is 1. The van der Waals surface area contributed by atoms with Crippen molar-refractivity contribution in [2.45, 2.75) is 6.54 Å². The van der Waals surface area contributed by atoms with Gasteiger partial charge < -0.3 is 20.3 Å². The normalized spacial score (nSPS) is 10.3. The van der Waals surface area contributed by atoms with Crippen molar-refractivity contribution in [3.8, 4) is 28.4 Å². The van der Waals surface area contributed by atoms with Gasteiger partial charge in [0.15, 0.2) is 11.5 Å². The van der Waals surface area contributed by atoms with Crippen LogP contribution in [0.15, 0.2) is 66.7 Å². The Morgan fingerprint density at radius 1 is 1.00 bits per heavy atom. The summed E-state index contributed by atoms with van der Waals surface area (Å²) in [6.07, 6.45) is 0. The van der Waals surface area contributed by atoms with Gasteiger partial charge >= 0.3 is 0 Å². The minimum atomic E-state index is -0.382. The molecule has 0 radical (unpaired) electrons. The fraction of sp³-hybridized carbons (Fsp3) is 0.0952. The molecule has 0 saturated carbocycles. The van der Waals surface area contributed by atoms with Gasteiger partial charge in [0.25, 0.3) is 5.91 Å². The monoisotopic (exact) mass is 349 g/mol. The number of aromatic hydroxyl groups is 2. The average molecular weight is 349 g/mol. The first kappa shape index (κ1) is 17.4. The van der Waals surface area contributed by atoms with Gasteiger partial charge in [0.2, 0.25) is 0 Å². The van der Waals surface area contributed by atoms with Crippen molar-refractivity contribution in [1.29, 1.82) is 0 Å². The van der Waals surface area contributed by atoms with Crippen LogP contribution in [0.5, 0.6) is 17.2 Å². The van der Waals surface area contributed by atoms with Gasteiger partial charge in [-0.3, -0.25) is 4.79 Å². The number of methoxy groups -OCH3 is 1. The molecule has 0 bridgehead atoms. The van der Waals surface area contributed by atoms with Crippen molar-refractivity contribution in [1.82, 2.24) is 5.32 Å². The molecule has 0 atom stereocenters. The molecule has 0 aliphatic rings. The molecule has 3 aromatic rings. The topological polar surface area (TPSA) is 78.8 Å². The zero-order valence-electron chi connectivity index (χ0n) is 14.3. The SMILES string of the molecule is COc1cc(CNC(=O)c2cccc(-c3ccccc3)c2O)ccc1O. The lowest BCUT2D eigenvalue weighted by atomic mass is 10.0. The smallest absolute Gasteiger partial charge is 0.255 e. The fourth-order valence-corrected chi connectivity index (χ4v) is 2.69.